The van der Waals surface area contributed by atoms with Crippen molar-refractivity contribution in [2.45, 2.75) is 25.7 Å². The first-order valence-electron chi connectivity index (χ1n) is 7.38. The number of methoxy groups -OCH3 is 1. The van der Waals surface area contributed by atoms with E-state index in [9.17, 15) is 9.90 Å². The van der Waals surface area contributed by atoms with E-state index in [1.807, 2.05) is 24.3 Å². The molecule has 21 heavy (non-hydrogen) atoms. The molecule has 0 aromatic heterocycles. The Balaban J connectivity index is 1.84. The Bertz CT molecular complexity index is 487. The number of amides is 1. The topological polar surface area (TPSA) is 58.6 Å². The van der Waals surface area contributed by atoms with Crippen LogP contribution >= 0.6 is 0 Å². The highest BCUT2D eigenvalue weighted by Gasteiger charge is 2.33. The highest BCUT2D eigenvalue weighted by Crippen LogP contribution is 2.36. The minimum Gasteiger partial charge on any atom is -0.497 e. The van der Waals surface area contributed by atoms with Gasteiger partial charge in [-0.15, -0.1) is 0 Å². The maximum atomic E-state index is 11.9. The van der Waals surface area contributed by atoms with Crippen molar-refractivity contribution < 1.29 is 14.6 Å². The smallest absolute Gasteiger partial charge is 0.244 e. The van der Waals surface area contributed by atoms with E-state index in [1.54, 1.807) is 13.2 Å². The van der Waals surface area contributed by atoms with Gasteiger partial charge in [0.1, 0.15) is 5.75 Å². The van der Waals surface area contributed by atoms with Crippen LogP contribution in [0.15, 0.2) is 30.3 Å². The molecule has 0 unspecified atom stereocenters. The number of carbonyl (C=O) groups excluding carboxylic acids is 1. The molecule has 4 nitrogen and oxygen atoms in total. The number of rotatable bonds is 6. The van der Waals surface area contributed by atoms with Gasteiger partial charge >= 0.3 is 0 Å². The molecule has 1 aliphatic rings. The van der Waals surface area contributed by atoms with Gasteiger partial charge in [-0.3, -0.25) is 4.79 Å². The zero-order valence-electron chi connectivity index (χ0n) is 12.5. The molecule has 0 saturated heterocycles. The van der Waals surface area contributed by atoms with Crippen LogP contribution in [-0.4, -0.2) is 31.3 Å². The molecule has 1 aromatic carbocycles. The second-order valence-electron chi connectivity index (χ2n) is 5.69. The molecule has 1 aliphatic carbocycles. The quantitative estimate of drug-likeness (QED) is 0.791. The van der Waals surface area contributed by atoms with Crippen LogP contribution in [0.25, 0.3) is 6.08 Å². The van der Waals surface area contributed by atoms with Crippen LogP contribution in [0.1, 0.15) is 31.2 Å². The highest BCUT2D eigenvalue weighted by molar-refractivity contribution is 5.91. The number of ether oxygens (including phenoxy) is 1. The fourth-order valence-corrected chi connectivity index (χ4v) is 2.74. The normalized spacial score (nSPS) is 17.0. The summed E-state index contributed by atoms with van der Waals surface area (Å²) in [6, 6.07) is 7.51. The van der Waals surface area contributed by atoms with Crippen molar-refractivity contribution in [3.05, 3.63) is 35.9 Å². The van der Waals surface area contributed by atoms with Crippen molar-refractivity contribution in [3.63, 3.8) is 0 Å². The maximum absolute atomic E-state index is 11.9. The molecule has 2 rings (SSSR count). The molecular formula is C17H23NO3. The van der Waals surface area contributed by atoms with Gasteiger partial charge < -0.3 is 15.2 Å². The van der Waals surface area contributed by atoms with Crippen LogP contribution < -0.4 is 10.1 Å². The molecule has 0 heterocycles. The number of hydrogen-bond acceptors (Lipinski definition) is 3. The van der Waals surface area contributed by atoms with E-state index in [4.69, 9.17) is 4.74 Å². The summed E-state index contributed by atoms with van der Waals surface area (Å²) in [5, 5.41) is 12.4. The number of aliphatic hydroxyl groups excluding tert-OH is 1. The van der Waals surface area contributed by atoms with E-state index in [1.165, 1.54) is 6.08 Å². The van der Waals surface area contributed by atoms with E-state index < -0.39 is 0 Å². The van der Waals surface area contributed by atoms with Crippen LogP contribution in [0.2, 0.25) is 0 Å². The second kappa shape index (κ2) is 7.27. The fourth-order valence-electron chi connectivity index (χ4n) is 2.74. The van der Waals surface area contributed by atoms with Crippen molar-refractivity contribution in [2.75, 3.05) is 20.3 Å². The molecule has 0 atom stereocenters. The number of carbonyl (C=O) groups is 1. The zero-order valence-corrected chi connectivity index (χ0v) is 12.5. The molecule has 2 N–H and O–H groups in total. The molecular weight excluding hydrogens is 266 g/mol. The maximum Gasteiger partial charge on any atom is 0.244 e. The Morgan fingerprint density at radius 1 is 1.33 bits per heavy atom. The van der Waals surface area contributed by atoms with Crippen molar-refractivity contribution in [1.29, 1.82) is 0 Å². The first kappa shape index (κ1) is 15.6. The van der Waals surface area contributed by atoms with Gasteiger partial charge in [-0.25, -0.2) is 0 Å². The fraction of sp³-hybridized carbons (Fsp3) is 0.471. The minimum absolute atomic E-state index is 0.108. The van der Waals surface area contributed by atoms with E-state index in [2.05, 4.69) is 5.32 Å². The summed E-state index contributed by atoms with van der Waals surface area (Å²) in [6.45, 7) is 0.699. The van der Waals surface area contributed by atoms with Crippen LogP contribution in [-0.2, 0) is 4.79 Å². The van der Waals surface area contributed by atoms with E-state index in [-0.39, 0.29) is 17.9 Å². The lowest BCUT2D eigenvalue weighted by atomic mass is 9.87. The zero-order chi connectivity index (χ0) is 15.1. The van der Waals surface area contributed by atoms with Crippen LogP contribution in [0.4, 0.5) is 0 Å². The third kappa shape index (κ3) is 4.33. The lowest BCUT2D eigenvalue weighted by molar-refractivity contribution is -0.117. The Morgan fingerprint density at radius 2 is 2.00 bits per heavy atom. The third-order valence-corrected chi connectivity index (χ3v) is 4.18. The molecule has 1 aromatic rings. The van der Waals surface area contributed by atoms with Crippen molar-refractivity contribution >= 4 is 12.0 Å². The average Bonchev–Trinajstić information content (AvgIpc) is 3.01. The van der Waals surface area contributed by atoms with E-state index in [0.717, 1.165) is 37.0 Å². The van der Waals surface area contributed by atoms with Crippen LogP contribution in [0.5, 0.6) is 5.75 Å². The summed E-state index contributed by atoms with van der Waals surface area (Å²) >= 11 is 0. The highest BCUT2D eigenvalue weighted by atomic mass is 16.5. The lowest BCUT2D eigenvalue weighted by Gasteiger charge is -2.26. The van der Waals surface area contributed by atoms with Crippen molar-refractivity contribution in [3.8, 4) is 5.75 Å². The Hall–Kier alpha value is -1.81. The largest absolute Gasteiger partial charge is 0.497 e. The van der Waals surface area contributed by atoms with Gasteiger partial charge in [-0.2, -0.15) is 0 Å². The molecule has 0 bridgehead atoms. The van der Waals surface area contributed by atoms with Crippen LogP contribution in [0, 0.1) is 5.41 Å². The molecule has 1 saturated carbocycles. The summed E-state index contributed by atoms with van der Waals surface area (Å²) in [4.78, 5) is 11.9. The first-order chi connectivity index (χ1) is 10.2. The Morgan fingerprint density at radius 3 is 2.57 bits per heavy atom. The van der Waals surface area contributed by atoms with Gasteiger partial charge in [0.15, 0.2) is 0 Å². The van der Waals surface area contributed by atoms with Gasteiger partial charge in [-0.05, 0) is 36.6 Å². The number of aliphatic hydroxyl groups is 1. The first-order valence-corrected chi connectivity index (χ1v) is 7.38. The Labute approximate surface area is 125 Å². The van der Waals surface area contributed by atoms with Gasteiger partial charge in [0.2, 0.25) is 5.91 Å². The summed E-state index contributed by atoms with van der Waals surface area (Å²) in [5.74, 6) is 0.674. The second-order valence-corrected chi connectivity index (χ2v) is 5.69. The van der Waals surface area contributed by atoms with Crippen molar-refractivity contribution in [1.82, 2.24) is 5.32 Å². The summed E-state index contributed by atoms with van der Waals surface area (Å²) < 4.78 is 5.09. The number of nitrogens with one attached hydrogen (secondary N) is 1. The van der Waals surface area contributed by atoms with Gasteiger partial charge in [-0.1, -0.05) is 25.0 Å². The minimum atomic E-state index is -0.120. The van der Waals surface area contributed by atoms with Crippen molar-refractivity contribution in [2.24, 2.45) is 5.41 Å². The predicted octanol–water partition coefficient (Wildman–Crippen LogP) is 2.38. The molecule has 0 spiro atoms. The molecule has 114 valence electrons. The molecule has 0 aliphatic heterocycles. The SMILES string of the molecule is COc1ccc(/C=C/C(=O)NCC2(CO)CCCC2)cc1. The summed E-state index contributed by atoms with van der Waals surface area (Å²) in [5.41, 5.74) is 0.840. The average molecular weight is 289 g/mol. The lowest BCUT2D eigenvalue weighted by Crippen LogP contribution is -2.37. The van der Waals surface area contributed by atoms with E-state index >= 15 is 0 Å². The Kier molecular flexibility index (Phi) is 5.39. The summed E-state index contributed by atoms with van der Waals surface area (Å²) in [6.07, 6.45) is 7.56. The molecule has 4 heteroatoms. The van der Waals surface area contributed by atoms with Gasteiger partial charge in [0.05, 0.1) is 13.7 Å². The molecule has 0 radical (unpaired) electrons. The third-order valence-electron chi connectivity index (χ3n) is 4.18. The predicted molar refractivity (Wildman–Crippen MR) is 83.0 cm³/mol. The van der Waals surface area contributed by atoms with Gasteiger partial charge in [0, 0.05) is 18.0 Å². The monoisotopic (exact) mass is 289 g/mol. The van der Waals surface area contributed by atoms with Gasteiger partial charge in [0.25, 0.3) is 0 Å². The molecule has 1 fully saturated rings. The standard InChI is InChI=1S/C17H23NO3/c1-21-15-7-4-14(5-8-15)6-9-16(20)18-12-17(13-19)10-2-3-11-17/h4-9,19H,2-3,10-13H2,1H3,(H,18,20)/b9-6+. The van der Waals surface area contributed by atoms with E-state index in [0.29, 0.717) is 6.54 Å². The molecule has 1 amide bonds. The number of hydrogen-bond donors (Lipinski definition) is 2. The number of benzene rings is 1. The van der Waals surface area contributed by atoms with Crippen LogP contribution in [0.3, 0.4) is 0 Å². The summed E-state index contributed by atoms with van der Waals surface area (Å²) in [7, 11) is 1.62.